The summed E-state index contributed by atoms with van der Waals surface area (Å²) in [6, 6.07) is 18.2. The van der Waals surface area contributed by atoms with Crippen LogP contribution in [0.1, 0.15) is 12.5 Å². The van der Waals surface area contributed by atoms with Crippen molar-refractivity contribution in [1.29, 1.82) is 0 Å². The van der Waals surface area contributed by atoms with Crippen molar-refractivity contribution in [3.05, 3.63) is 81.8 Å². The van der Waals surface area contributed by atoms with Crippen LogP contribution in [0, 0.1) is 0 Å². The molecular formula is C23H20BrClN2O4S. The molecule has 0 aliphatic carbocycles. The number of amides is 1. The summed E-state index contributed by atoms with van der Waals surface area (Å²) in [5.41, 5.74) is 2.42. The highest BCUT2D eigenvalue weighted by Gasteiger charge is 2.31. The van der Waals surface area contributed by atoms with E-state index in [1.54, 1.807) is 29.2 Å². The van der Waals surface area contributed by atoms with Gasteiger partial charge in [-0.2, -0.15) is 0 Å². The van der Waals surface area contributed by atoms with Crippen LogP contribution in [0.4, 0.5) is 11.4 Å². The number of benzene rings is 3. The van der Waals surface area contributed by atoms with Crippen LogP contribution in [0.5, 0.6) is 5.75 Å². The van der Waals surface area contributed by atoms with E-state index in [-0.39, 0.29) is 23.5 Å². The Bertz CT molecular complexity index is 1250. The molecule has 0 saturated heterocycles. The van der Waals surface area contributed by atoms with Gasteiger partial charge in [-0.05, 0) is 85.6 Å². The number of sulfonamides is 1. The Hall–Kier alpha value is -2.55. The number of anilines is 2. The third-order valence-electron chi connectivity index (χ3n) is 5.12. The minimum absolute atomic E-state index is 0.0434. The molecule has 3 aromatic rings. The molecule has 1 atom stereocenters. The Balaban J connectivity index is 1.40. The number of rotatable bonds is 6. The van der Waals surface area contributed by atoms with Gasteiger partial charge in [-0.25, -0.2) is 8.42 Å². The molecule has 3 aromatic carbocycles. The molecule has 9 heteroatoms. The highest BCUT2D eigenvalue weighted by atomic mass is 79.9. The lowest BCUT2D eigenvalue weighted by Crippen LogP contribution is -2.39. The van der Waals surface area contributed by atoms with E-state index >= 15 is 0 Å². The molecule has 0 fully saturated rings. The van der Waals surface area contributed by atoms with Gasteiger partial charge in [-0.1, -0.05) is 27.5 Å². The summed E-state index contributed by atoms with van der Waals surface area (Å²) in [5, 5.41) is 0.517. The fraction of sp³-hybridized carbons (Fsp3) is 0.174. The van der Waals surface area contributed by atoms with Crippen LogP contribution >= 0.6 is 27.5 Å². The van der Waals surface area contributed by atoms with Crippen LogP contribution in [-0.2, 0) is 21.2 Å². The molecule has 166 valence electrons. The predicted octanol–water partition coefficient (Wildman–Crippen LogP) is 5.26. The van der Waals surface area contributed by atoms with Crippen molar-refractivity contribution in [3.63, 3.8) is 0 Å². The topological polar surface area (TPSA) is 75.7 Å². The largest absolute Gasteiger partial charge is 0.484 e. The van der Waals surface area contributed by atoms with Gasteiger partial charge in [0.2, 0.25) is 0 Å². The first-order valence-electron chi connectivity index (χ1n) is 9.85. The highest BCUT2D eigenvalue weighted by Crippen LogP contribution is 2.34. The molecule has 0 unspecified atom stereocenters. The Morgan fingerprint density at radius 2 is 1.81 bits per heavy atom. The standard InChI is InChI=1S/C23H20BrClN2O4S/c1-15-12-16-13-17(24)2-11-22(16)27(15)23(28)14-31-20-7-9-21(10-8-20)32(29,30)26-19-5-3-18(25)4-6-19/h2-11,13,15,26H,12,14H2,1H3/t15-/m0/s1. The van der Waals surface area contributed by atoms with Gasteiger partial charge in [-0.3, -0.25) is 9.52 Å². The van der Waals surface area contributed by atoms with Crippen LogP contribution in [0.2, 0.25) is 5.02 Å². The molecule has 0 spiro atoms. The normalized spacial score (nSPS) is 15.3. The molecule has 0 bridgehead atoms. The van der Waals surface area contributed by atoms with Crippen molar-refractivity contribution in [3.8, 4) is 5.75 Å². The average molecular weight is 536 g/mol. The summed E-state index contributed by atoms with van der Waals surface area (Å²) >= 11 is 9.29. The quantitative estimate of drug-likeness (QED) is 0.467. The first kappa shape index (κ1) is 22.6. The summed E-state index contributed by atoms with van der Waals surface area (Å²) in [5.74, 6) is 0.256. The molecule has 1 aliphatic heterocycles. The van der Waals surface area contributed by atoms with Crippen molar-refractivity contribution in [2.24, 2.45) is 0 Å². The first-order chi connectivity index (χ1) is 15.2. The molecule has 4 rings (SSSR count). The number of nitrogens with zero attached hydrogens (tertiary/aromatic N) is 1. The van der Waals surface area contributed by atoms with Crippen LogP contribution < -0.4 is 14.4 Å². The molecular weight excluding hydrogens is 516 g/mol. The zero-order chi connectivity index (χ0) is 22.9. The number of fused-ring (bicyclic) bond motifs is 1. The van der Waals surface area contributed by atoms with Crippen LogP contribution in [0.25, 0.3) is 0 Å². The van der Waals surface area contributed by atoms with Gasteiger partial charge in [0, 0.05) is 26.9 Å². The molecule has 1 aliphatic rings. The van der Waals surface area contributed by atoms with E-state index in [1.807, 2.05) is 25.1 Å². The fourth-order valence-electron chi connectivity index (χ4n) is 3.64. The van der Waals surface area contributed by atoms with Gasteiger partial charge in [0.15, 0.2) is 6.61 Å². The van der Waals surface area contributed by atoms with E-state index in [1.165, 1.54) is 24.3 Å². The molecule has 0 radical (unpaired) electrons. The number of ether oxygens (including phenoxy) is 1. The number of halogens is 2. The monoisotopic (exact) mass is 534 g/mol. The van der Waals surface area contributed by atoms with Gasteiger partial charge in [-0.15, -0.1) is 0 Å². The van der Waals surface area contributed by atoms with E-state index in [2.05, 4.69) is 20.7 Å². The second-order valence-corrected chi connectivity index (χ2v) is 10.5. The third kappa shape index (κ3) is 4.92. The summed E-state index contributed by atoms with van der Waals surface area (Å²) < 4.78 is 34.2. The lowest BCUT2D eigenvalue weighted by atomic mass is 10.1. The maximum absolute atomic E-state index is 12.8. The number of hydrogen-bond acceptors (Lipinski definition) is 4. The Morgan fingerprint density at radius 1 is 1.12 bits per heavy atom. The van der Waals surface area contributed by atoms with Crippen molar-refractivity contribution >= 4 is 54.8 Å². The van der Waals surface area contributed by atoms with Gasteiger partial charge >= 0.3 is 0 Å². The molecule has 0 saturated carbocycles. The maximum Gasteiger partial charge on any atom is 0.265 e. The van der Waals surface area contributed by atoms with Gasteiger partial charge < -0.3 is 9.64 Å². The van der Waals surface area contributed by atoms with E-state index < -0.39 is 10.0 Å². The summed E-state index contributed by atoms with van der Waals surface area (Å²) in [4.78, 5) is 14.6. The average Bonchev–Trinajstić information content (AvgIpc) is 3.08. The smallest absolute Gasteiger partial charge is 0.265 e. The van der Waals surface area contributed by atoms with E-state index in [0.29, 0.717) is 16.5 Å². The third-order valence-corrected chi connectivity index (χ3v) is 7.26. The lowest BCUT2D eigenvalue weighted by molar-refractivity contribution is -0.120. The van der Waals surface area contributed by atoms with Gasteiger partial charge in [0.25, 0.3) is 15.9 Å². The number of carbonyl (C=O) groups excluding carboxylic acids is 1. The van der Waals surface area contributed by atoms with Crippen molar-refractivity contribution in [2.75, 3.05) is 16.2 Å². The second kappa shape index (κ2) is 9.13. The Kier molecular flexibility index (Phi) is 6.46. The van der Waals surface area contributed by atoms with Crippen LogP contribution in [-0.4, -0.2) is 27.0 Å². The molecule has 1 amide bonds. The fourth-order valence-corrected chi connectivity index (χ4v) is 5.23. The zero-order valence-electron chi connectivity index (χ0n) is 17.1. The minimum atomic E-state index is -3.76. The minimum Gasteiger partial charge on any atom is -0.484 e. The van der Waals surface area contributed by atoms with Gasteiger partial charge in [0.1, 0.15) is 5.75 Å². The molecule has 1 heterocycles. The van der Waals surface area contributed by atoms with E-state index in [9.17, 15) is 13.2 Å². The second-order valence-electron chi connectivity index (χ2n) is 7.46. The van der Waals surface area contributed by atoms with E-state index in [4.69, 9.17) is 16.3 Å². The number of hydrogen-bond donors (Lipinski definition) is 1. The first-order valence-corrected chi connectivity index (χ1v) is 12.5. The zero-order valence-corrected chi connectivity index (χ0v) is 20.2. The summed E-state index contributed by atoms with van der Waals surface area (Å²) in [7, 11) is -3.76. The van der Waals surface area contributed by atoms with Crippen LogP contribution in [0.15, 0.2) is 76.1 Å². The molecule has 0 aromatic heterocycles. The Morgan fingerprint density at radius 3 is 2.50 bits per heavy atom. The predicted molar refractivity (Wildman–Crippen MR) is 129 cm³/mol. The maximum atomic E-state index is 12.8. The number of carbonyl (C=O) groups is 1. The van der Waals surface area contributed by atoms with Crippen LogP contribution in [0.3, 0.4) is 0 Å². The lowest BCUT2D eigenvalue weighted by Gasteiger charge is -2.22. The molecule has 1 N–H and O–H groups in total. The highest BCUT2D eigenvalue weighted by molar-refractivity contribution is 9.10. The Labute approximate surface area is 200 Å². The van der Waals surface area contributed by atoms with Crippen molar-refractivity contribution in [1.82, 2.24) is 0 Å². The SMILES string of the molecule is C[C@H]1Cc2cc(Br)ccc2N1C(=O)COc1ccc(S(=O)(=O)Nc2ccc(Cl)cc2)cc1. The molecule has 6 nitrogen and oxygen atoms in total. The van der Waals surface area contributed by atoms with Crippen molar-refractivity contribution in [2.45, 2.75) is 24.3 Å². The summed E-state index contributed by atoms with van der Waals surface area (Å²) in [6.45, 7) is 1.86. The van der Waals surface area contributed by atoms with Crippen molar-refractivity contribution < 1.29 is 17.9 Å². The number of nitrogens with one attached hydrogen (secondary N) is 1. The summed E-state index contributed by atoms with van der Waals surface area (Å²) in [6.07, 6.45) is 0.785. The molecule has 32 heavy (non-hydrogen) atoms. The van der Waals surface area contributed by atoms with Gasteiger partial charge in [0.05, 0.1) is 4.90 Å². The van der Waals surface area contributed by atoms with E-state index in [0.717, 1.165) is 22.1 Å².